The van der Waals surface area contributed by atoms with Gasteiger partial charge < -0.3 is 9.64 Å². The molecule has 21 heavy (non-hydrogen) atoms. The summed E-state index contributed by atoms with van der Waals surface area (Å²) in [6.07, 6.45) is -0.595. The monoisotopic (exact) mass is 293 g/mol. The predicted molar refractivity (Wildman–Crippen MR) is 72.7 cm³/mol. The molecule has 7 heteroatoms. The number of alkyl halides is 1. The second kappa shape index (κ2) is 6.24. The van der Waals surface area contributed by atoms with E-state index in [0.29, 0.717) is 6.42 Å². The van der Waals surface area contributed by atoms with Crippen LogP contribution in [0.1, 0.15) is 16.8 Å². The van der Waals surface area contributed by atoms with Crippen molar-refractivity contribution in [1.82, 2.24) is 4.90 Å². The molecule has 0 heterocycles. The molecular weight excluding hydrogens is 279 g/mol. The summed E-state index contributed by atoms with van der Waals surface area (Å²) in [6.45, 7) is -0.203. The molecule has 0 aliphatic heterocycles. The maximum absolute atomic E-state index is 13.4. The van der Waals surface area contributed by atoms with E-state index in [9.17, 15) is 18.4 Å². The number of benzene rings is 1. The molecule has 1 amide bonds. The lowest BCUT2D eigenvalue weighted by Gasteiger charge is -2.21. The van der Waals surface area contributed by atoms with E-state index < -0.39 is 23.9 Å². The van der Waals surface area contributed by atoms with Crippen LogP contribution in [0.3, 0.4) is 0 Å². The minimum Gasteiger partial charge on any atom is -0.468 e. The summed E-state index contributed by atoms with van der Waals surface area (Å²) in [5.41, 5.74) is -0.0151. The number of halogens is 2. The van der Waals surface area contributed by atoms with Gasteiger partial charge in [0.05, 0.1) is 7.11 Å². The third-order valence-electron chi connectivity index (χ3n) is 3.37. The Morgan fingerprint density at radius 1 is 1.48 bits per heavy atom. The Kier molecular flexibility index (Phi) is 4.60. The number of rotatable bonds is 5. The van der Waals surface area contributed by atoms with Crippen molar-refractivity contribution in [1.29, 1.82) is 0 Å². The number of carbonyl (C=O) groups is 2. The molecule has 1 aromatic rings. The average Bonchev–Trinajstić information content (AvgIpc) is 3.15. The number of amides is 1. The molecule has 110 valence electrons. The molecule has 0 saturated heterocycles. The van der Waals surface area contributed by atoms with Crippen LogP contribution in [-0.2, 0) is 9.53 Å². The maximum atomic E-state index is 13.4. The zero-order valence-electron chi connectivity index (χ0n) is 11.5. The Balaban J connectivity index is 2.15. The first kappa shape index (κ1) is 15.5. The third-order valence-corrected chi connectivity index (χ3v) is 3.37. The molecule has 1 saturated carbocycles. The van der Waals surface area contributed by atoms with Gasteiger partial charge in [0.15, 0.2) is 0 Å². The van der Waals surface area contributed by atoms with E-state index in [0.717, 1.165) is 6.07 Å². The maximum Gasteiger partial charge on any atom is 0.325 e. The molecule has 2 radical (unpaired) electrons. The first-order valence-electron chi connectivity index (χ1n) is 6.47. The Bertz CT molecular complexity index is 567. The molecule has 0 N–H and O–H groups in total. The van der Waals surface area contributed by atoms with Crippen molar-refractivity contribution in [3.8, 4) is 0 Å². The molecule has 2 rings (SSSR count). The average molecular weight is 293 g/mol. The molecule has 2 atom stereocenters. The molecule has 2 unspecified atom stereocenters. The van der Waals surface area contributed by atoms with Crippen molar-refractivity contribution in [2.75, 3.05) is 20.2 Å². The van der Waals surface area contributed by atoms with Crippen molar-refractivity contribution in [3.63, 3.8) is 0 Å². The Morgan fingerprint density at radius 2 is 2.14 bits per heavy atom. The van der Waals surface area contributed by atoms with Gasteiger partial charge in [-0.25, -0.2) is 8.78 Å². The topological polar surface area (TPSA) is 46.6 Å². The van der Waals surface area contributed by atoms with Crippen LogP contribution in [0.5, 0.6) is 0 Å². The van der Waals surface area contributed by atoms with Crippen molar-refractivity contribution < 1.29 is 23.1 Å². The van der Waals surface area contributed by atoms with Gasteiger partial charge in [-0.1, -0.05) is 11.5 Å². The molecule has 1 fully saturated rings. The highest BCUT2D eigenvalue weighted by Crippen LogP contribution is 2.34. The van der Waals surface area contributed by atoms with Gasteiger partial charge in [-0.3, -0.25) is 9.59 Å². The van der Waals surface area contributed by atoms with Crippen molar-refractivity contribution in [2.45, 2.75) is 12.6 Å². The number of carbonyl (C=O) groups excluding carboxylic acids is 2. The van der Waals surface area contributed by atoms with Crippen LogP contribution in [0, 0.1) is 11.7 Å². The summed E-state index contributed by atoms with van der Waals surface area (Å²) in [7, 11) is 6.55. The number of hydrogen-bond donors (Lipinski definition) is 0. The van der Waals surface area contributed by atoms with Crippen LogP contribution in [-0.4, -0.2) is 51.0 Å². The quantitative estimate of drug-likeness (QED) is 0.590. The molecular formula is C14H14BF2NO3. The molecule has 1 aromatic carbocycles. The fraction of sp³-hybridized carbons (Fsp3) is 0.429. The molecule has 0 bridgehead atoms. The van der Waals surface area contributed by atoms with Crippen LogP contribution in [0.25, 0.3) is 0 Å². The first-order valence-corrected chi connectivity index (χ1v) is 6.47. The summed E-state index contributed by atoms with van der Waals surface area (Å²) in [4.78, 5) is 24.8. The zero-order chi connectivity index (χ0) is 15.6. The van der Waals surface area contributed by atoms with Gasteiger partial charge in [0.2, 0.25) is 0 Å². The van der Waals surface area contributed by atoms with Gasteiger partial charge >= 0.3 is 5.97 Å². The van der Waals surface area contributed by atoms with Gasteiger partial charge in [0.1, 0.15) is 26.4 Å². The summed E-state index contributed by atoms with van der Waals surface area (Å²) < 4.78 is 30.9. The number of ether oxygens (including phenoxy) is 1. The summed E-state index contributed by atoms with van der Waals surface area (Å²) in [6, 6.07) is 3.64. The van der Waals surface area contributed by atoms with Gasteiger partial charge in [-0.15, -0.1) is 0 Å². The lowest BCUT2D eigenvalue weighted by molar-refractivity contribution is -0.141. The van der Waals surface area contributed by atoms with Gasteiger partial charge in [0, 0.05) is 18.0 Å². The predicted octanol–water partition coefficient (Wildman–Crippen LogP) is 0.593. The minimum absolute atomic E-state index is 0.0571. The summed E-state index contributed by atoms with van der Waals surface area (Å²) in [5.74, 6) is -2.17. The standard InChI is InChI=1S/C14H14BF2NO3/c1-21-13(19)7-18(6-9-5-11(9)16)14(20)8-2-3-10(15)12(17)4-8/h2-4,9,11H,5-7H2,1H3. The molecule has 1 aliphatic carbocycles. The lowest BCUT2D eigenvalue weighted by Crippen LogP contribution is -2.38. The minimum atomic E-state index is -0.957. The Hall–Kier alpha value is -1.92. The van der Waals surface area contributed by atoms with E-state index in [2.05, 4.69) is 4.74 Å². The SMILES string of the molecule is [B]c1ccc(C(=O)N(CC(=O)OC)CC2CC2F)cc1F. The summed E-state index contributed by atoms with van der Waals surface area (Å²) in [5, 5.41) is 0. The fourth-order valence-electron chi connectivity index (χ4n) is 1.97. The second-order valence-electron chi connectivity index (χ2n) is 5.01. The molecule has 0 spiro atoms. The van der Waals surface area contributed by atoms with Crippen molar-refractivity contribution in [2.24, 2.45) is 5.92 Å². The van der Waals surface area contributed by atoms with Crippen molar-refractivity contribution in [3.05, 3.63) is 29.6 Å². The van der Waals surface area contributed by atoms with Crippen LogP contribution in [0.15, 0.2) is 18.2 Å². The lowest BCUT2D eigenvalue weighted by atomic mass is 9.94. The van der Waals surface area contributed by atoms with E-state index in [1.807, 2.05) is 0 Å². The molecule has 1 aliphatic rings. The first-order chi connectivity index (χ1) is 9.92. The number of methoxy groups -OCH3 is 1. The number of esters is 1. The molecule has 0 aromatic heterocycles. The number of hydrogen-bond acceptors (Lipinski definition) is 3. The fourth-order valence-corrected chi connectivity index (χ4v) is 1.97. The normalized spacial score (nSPS) is 20.0. The Labute approximate surface area is 122 Å². The van der Waals surface area contributed by atoms with Crippen LogP contribution in [0.2, 0.25) is 0 Å². The van der Waals surface area contributed by atoms with E-state index in [1.54, 1.807) is 0 Å². The zero-order valence-corrected chi connectivity index (χ0v) is 11.5. The highest BCUT2D eigenvalue weighted by Gasteiger charge is 2.40. The summed E-state index contributed by atoms with van der Waals surface area (Å²) >= 11 is 0. The van der Waals surface area contributed by atoms with Gasteiger partial charge in [0.25, 0.3) is 5.91 Å². The third kappa shape index (κ3) is 3.80. The van der Waals surface area contributed by atoms with E-state index in [-0.39, 0.29) is 30.0 Å². The van der Waals surface area contributed by atoms with Crippen LogP contribution in [0.4, 0.5) is 8.78 Å². The molecule has 4 nitrogen and oxygen atoms in total. The Morgan fingerprint density at radius 3 is 2.67 bits per heavy atom. The van der Waals surface area contributed by atoms with Gasteiger partial charge in [-0.2, -0.15) is 0 Å². The van der Waals surface area contributed by atoms with E-state index >= 15 is 0 Å². The van der Waals surface area contributed by atoms with Gasteiger partial charge in [-0.05, 0) is 18.6 Å². The van der Waals surface area contributed by atoms with E-state index in [4.69, 9.17) is 7.85 Å². The van der Waals surface area contributed by atoms with Crippen molar-refractivity contribution >= 4 is 25.2 Å². The highest BCUT2D eigenvalue weighted by molar-refractivity contribution is 6.32. The van der Waals surface area contributed by atoms with Crippen LogP contribution >= 0.6 is 0 Å². The van der Waals surface area contributed by atoms with Crippen LogP contribution < -0.4 is 5.46 Å². The second-order valence-corrected chi connectivity index (χ2v) is 5.01. The number of nitrogens with zero attached hydrogens (tertiary/aromatic N) is 1. The van der Waals surface area contributed by atoms with E-state index in [1.165, 1.54) is 24.1 Å². The highest BCUT2D eigenvalue weighted by atomic mass is 19.1. The largest absolute Gasteiger partial charge is 0.468 e. The smallest absolute Gasteiger partial charge is 0.325 e.